The Balaban J connectivity index is 0.00000121. The Kier molecular flexibility index (Phi) is 7.19. The molecular weight excluding hydrogens is 333 g/mol. The van der Waals surface area contributed by atoms with Crippen LogP contribution in [0.2, 0.25) is 0 Å². The molecule has 0 saturated carbocycles. The van der Waals surface area contributed by atoms with E-state index in [-0.39, 0.29) is 24.8 Å². The van der Waals surface area contributed by atoms with Gasteiger partial charge in [-0.3, -0.25) is 0 Å². The van der Waals surface area contributed by atoms with Crippen molar-refractivity contribution >= 4 is 24.8 Å². The number of nitrogens with zero attached hydrogens (tertiary/aromatic N) is 3. The number of halogens is 4. The van der Waals surface area contributed by atoms with E-state index in [0.29, 0.717) is 18.0 Å². The Morgan fingerprint density at radius 1 is 1.14 bits per heavy atom. The molecule has 0 spiro atoms. The van der Waals surface area contributed by atoms with Gasteiger partial charge >= 0.3 is 0 Å². The van der Waals surface area contributed by atoms with Gasteiger partial charge in [-0.2, -0.15) is 0 Å². The number of benzene rings is 1. The van der Waals surface area contributed by atoms with Crippen molar-refractivity contribution < 1.29 is 8.78 Å². The van der Waals surface area contributed by atoms with E-state index in [1.807, 2.05) is 6.20 Å². The Morgan fingerprint density at radius 3 is 2.55 bits per heavy atom. The van der Waals surface area contributed by atoms with Gasteiger partial charge in [-0.15, -0.1) is 29.9 Å². The summed E-state index contributed by atoms with van der Waals surface area (Å²) in [4.78, 5) is 0. The first-order valence-corrected chi connectivity index (χ1v) is 6.77. The van der Waals surface area contributed by atoms with E-state index < -0.39 is 11.6 Å². The van der Waals surface area contributed by atoms with Gasteiger partial charge < -0.3 is 5.32 Å². The molecule has 1 aliphatic heterocycles. The van der Waals surface area contributed by atoms with Gasteiger partial charge in [-0.1, -0.05) is 11.3 Å². The molecule has 0 radical (unpaired) electrons. The van der Waals surface area contributed by atoms with Crippen molar-refractivity contribution in [2.75, 3.05) is 13.1 Å². The third-order valence-electron chi connectivity index (χ3n) is 3.64. The summed E-state index contributed by atoms with van der Waals surface area (Å²) in [5.74, 6) is -1.22. The number of hydrogen-bond acceptors (Lipinski definition) is 3. The fourth-order valence-electron chi connectivity index (χ4n) is 2.52. The van der Waals surface area contributed by atoms with E-state index in [9.17, 15) is 8.78 Å². The highest BCUT2D eigenvalue weighted by Gasteiger charge is 2.18. The van der Waals surface area contributed by atoms with Gasteiger partial charge in [0.2, 0.25) is 0 Å². The molecule has 1 aliphatic rings. The standard InChI is InChI=1S/C14H16F2N4.2ClH/c15-12-2-1-10(7-13(12)16)8-20-9-14(18-19-20)11-3-5-17-6-4-11;;/h1-2,7,9,11,17H,3-6,8H2;2*1H. The summed E-state index contributed by atoms with van der Waals surface area (Å²) in [6.07, 6.45) is 4.02. The number of nitrogens with one attached hydrogen (secondary N) is 1. The summed E-state index contributed by atoms with van der Waals surface area (Å²) in [5, 5.41) is 11.6. The predicted molar refractivity (Wildman–Crippen MR) is 84.8 cm³/mol. The largest absolute Gasteiger partial charge is 0.317 e. The topological polar surface area (TPSA) is 42.7 Å². The Hall–Kier alpha value is -1.24. The lowest BCUT2D eigenvalue weighted by molar-refractivity contribution is 0.453. The highest BCUT2D eigenvalue weighted by Crippen LogP contribution is 2.22. The smallest absolute Gasteiger partial charge is 0.159 e. The number of piperidine rings is 1. The lowest BCUT2D eigenvalue weighted by atomic mass is 9.95. The zero-order valence-corrected chi connectivity index (χ0v) is 13.5. The van der Waals surface area contributed by atoms with Crippen LogP contribution in [-0.4, -0.2) is 28.1 Å². The van der Waals surface area contributed by atoms with E-state index in [0.717, 1.165) is 37.7 Å². The van der Waals surface area contributed by atoms with Crippen molar-refractivity contribution in [3.05, 3.63) is 47.3 Å². The van der Waals surface area contributed by atoms with Gasteiger partial charge in [0.1, 0.15) is 0 Å². The molecule has 4 nitrogen and oxygen atoms in total. The molecule has 0 amide bonds. The fourth-order valence-corrected chi connectivity index (χ4v) is 2.52. The predicted octanol–water partition coefficient (Wildman–Crippen LogP) is 2.92. The van der Waals surface area contributed by atoms with Gasteiger partial charge in [0, 0.05) is 12.1 Å². The number of rotatable bonds is 3. The molecule has 3 rings (SSSR count). The lowest BCUT2D eigenvalue weighted by Gasteiger charge is -2.20. The second-order valence-electron chi connectivity index (χ2n) is 5.11. The average Bonchev–Trinajstić information content (AvgIpc) is 2.92. The zero-order valence-electron chi connectivity index (χ0n) is 11.8. The molecule has 1 N–H and O–H groups in total. The number of aromatic nitrogens is 3. The molecule has 1 saturated heterocycles. The Labute approximate surface area is 140 Å². The second kappa shape index (κ2) is 8.41. The van der Waals surface area contributed by atoms with E-state index in [2.05, 4.69) is 15.6 Å². The van der Waals surface area contributed by atoms with Gasteiger partial charge in [-0.05, 0) is 43.6 Å². The van der Waals surface area contributed by atoms with Crippen molar-refractivity contribution in [1.82, 2.24) is 20.3 Å². The first kappa shape index (κ1) is 18.8. The molecule has 1 aromatic carbocycles. The van der Waals surface area contributed by atoms with Crippen molar-refractivity contribution in [3.8, 4) is 0 Å². The van der Waals surface area contributed by atoms with Crippen LogP contribution in [0.25, 0.3) is 0 Å². The molecular formula is C14H18Cl2F2N4. The third kappa shape index (κ3) is 4.38. The summed E-state index contributed by atoms with van der Waals surface area (Å²) in [6, 6.07) is 3.89. The molecule has 0 aliphatic carbocycles. The van der Waals surface area contributed by atoms with Crippen LogP contribution in [0.4, 0.5) is 8.78 Å². The Bertz CT molecular complexity index is 600. The maximum Gasteiger partial charge on any atom is 0.159 e. The SMILES string of the molecule is Cl.Cl.Fc1ccc(Cn2cc(C3CCNCC3)nn2)cc1F. The van der Waals surface area contributed by atoms with E-state index in [1.54, 1.807) is 10.7 Å². The first-order valence-electron chi connectivity index (χ1n) is 6.77. The normalized spacial score (nSPS) is 15.0. The molecule has 1 aromatic heterocycles. The quantitative estimate of drug-likeness (QED) is 0.925. The summed E-state index contributed by atoms with van der Waals surface area (Å²) in [5.41, 5.74) is 1.65. The molecule has 2 heterocycles. The molecule has 2 aromatic rings. The minimum atomic E-state index is -0.832. The average molecular weight is 351 g/mol. The van der Waals surface area contributed by atoms with Crippen LogP contribution in [0.5, 0.6) is 0 Å². The van der Waals surface area contributed by atoms with Crippen molar-refractivity contribution in [1.29, 1.82) is 0 Å². The molecule has 22 heavy (non-hydrogen) atoms. The van der Waals surface area contributed by atoms with Crippen LogP contribution >= 0.6 is 24.8 Å². The molecule has 0 atom stereocenters. The minimum absolute atomic E-state index is 0. The van der Waals surface area contributed by atoms with Crippen LogP contribution in [0, 0.1) is 11.6 Å². The maximum absolute atomic E-state index is 13.2. The second-order valence-corrected chi connectivity index (χ2v) is 5.11. The lowest BCUT2D eigenvalue weighted by Crippen LogP contribution is -2.26. The highest BCUT2D eigenvalue weighted by atomic mass is 35.5. The minimum Gasteiger partial charge on any atom is -0.317 e. The van der Waals surface area contributed by atoms with Crippen molar-refractivity contribution in [3.63, 3.8) is 0 Å². The van der Waals surface area contributed by atoms with E-state index in [4.69, 9.17) is 0 Å². The zero-order chi connectivity index (χ0) is 13.9. The summed E-state index contributed by atoms with van der Waals surface area (Å²) in [6.45, 7) is 2.40. The Morgan fingerprint density at radius 2 is 1.86 bits per heavy atom. The van der Waals surface area contributed by atoms with Crippen LogP contribution < -0.4 is 5.32 Å². The van der Waals surface area contributed by atoms with Crippen LogP contribution in [0.1, 0.15) is 30.0 Å². The van der Waals surface area contributed by atoms with E-state index >= 15 is 0 Å². The molecule has 122 valence electrons. The summed E-state index contributed by atoms with van der Waals surface area (Å²) < 4.78 is 27.7. The summed E-state index contributed by atoms with van der Waals surface area (Å²) >= 11 is 0. The molecule has 0 unspecified atom stereocenters. The van der Waals surface area contributed by atoms with Gasteiger partial charge in [0.25, 0.3) is 0 Å². The first-order chi connectivity index (χ1) is 9.72. The van der Waals surface area contributed by atoms with Gasteiger partial charge in [0.15, 0.2) is 11.6 Å². The van der Waals surface area contributed by atoms with Crippen LogP contribution in [0.3, 0.4) is 0 Å². The maximum atomic E-state index is 13.2. The van der Waals surface area contributed by atoms with Crippen LogP contribution in [0.15, 0.2) is 24.4 Å². The van der Waals surface area contributed by atoms with E-state index in [1.165, 1.54) is 6.07 Å². The third-order valence-corrected chi connectivity index (χ3v) is 3.64. The van der Waals surface area contributed by atoms with Crippen molar-refractivity contribution in [2.45, 2.75) is 25.3 Å². The van der Waals surface area contributed by atoms with Gasteiger partial charge in [-0.25, -0.2) is 13.5 Å². The molecule has 0 bridgehead atoms. The van der Waals surface area contributed by atoms with Crippen LogP contribution in [-0.2, 0) is 6.54 Å². The van der Waals surface area contributed by atoms with Crippen molar-refractivity contribution in [2.24, 2.45) is 0 Å². The molecule has 8 heteroatoms. The number of hydrogen-bond donors (Lipinski definition) is 1. The fraction of sp³-hybridized carbons (Fsp3) is 0.429. The van der Waals surface area contributed by atoms with Gasteiger partial charge in [0.05, 0.1) is 12.2 Å². The monoisotopic (exact) mass is 350 g/mol. The molecule has 1 fully saturated rings. The highest BCUT2D eigenvalue weighted by molar-refractivity contribution is 5.85. The summed E-state index contributed by atoms with van der Waals surface area (Å²) in [7, 11) is 0.